The smallest absolute Gasteiger partial charge is 0.254 e. The molecule has 1 aromatic carbocycles. The number of fused-ring (bicyclic) bond motifs is 4. The number of imidazole rings is 1. The van der Waals surface area contributed by atoms with Crippen molar-refractivity contribution in [3.63, 3.8) is 0 Å². The first-order valence-electron chi connectivity index (χ1n) is 15.7. The molecule has 4 fully saturated rings. The minimum absolute atomic E-state index is 0.0538. The number of aromatic nitrogens is 3. The molecule has 4 aromatic rings. The van der Waals surface area contributed by atoms with Crippen LogP contribution in [-0.2, 0) is 18.4 Å². The molecule has 1 saturated heterocycles. The third kappa shape index (κ3) is 4.83. The first-order chi connectivity index (χ1) is 20.9. The van der Waals surface area contributed by atoms with Crippen LogP contribution in [-0.4, -0.2) is 63.6 Å². The average Bonchev–Trinajstić information content (AvgIpc) is 3.37. The number of carbonyl (C=O) groups excluding carboxylic acids is 2. The second kappa shape index (κ2) is 11.0. The summed E-state index contributed by atoms with van der Waals surface area (Å²) in [5.74, 6) is 3.58. The molecule has 1 aliphatic heterocycles. The molecule has 4 aliphatic rings. The zero-order valence-electron chi connectivity index (χ0n) is 25.6. The number of benzene rings is 1. The third-order valence-electron chi connectivity index (χ3n) is 10.1. The van der Waals surface area contributed by atoms with E-state index in [1.165, 1.54) is 42.1 Å². The maximum absolute atomic E-state index is 13.6. The predicted molar refractivity (Wildman–Crippen MR) is 171 cm³/mol. The maximum Gasteiger partial charge on any atom is 0.254 e. The van der Waals surface area contributed by atoms with Gasteiger partial charge in [0, 0.05) is 44.7 Å². The summed E-state index contributed by atoms with van der Waals surface area (Å²) in [4.78, 5) is 32.4. The van der Waals surface area contributed by atoms with E-state index >= 15 is 0 Å². The van der Waals surface area contributed by atoms with Gasteiger partial charge in [-0.15, -0.1) is 11.3 Å². The third-order valence-corrected chi connectivity index (χ3v) is 11.0. The van der Waals surface area contributed by atoms with Gasteiger partial charge in [-0.3, -0.25) is 9.59 Å². The number of nitrogens with two attached hydrogens (primary N) is 1. The van der Waals surface area contributed by atoms with Crippen LogP contribution >= 0.6 is 11.3 Å². The topological polar surface area (TPSA) is 107 Å². The molecule has 228 valence electrons. The molecule has 2 bridgehead atoms. The number of carbonyl (C=O) groups is 2. The molecule has 3 saturated carbocycles. The average molecular weight is 603 g/mol. The van der Waals surface area contributed by atoms with Gasteiger partial charge in [0.2, 0.25) is 5.91 Å². The highest BCUT2D eigenvalue weighted by Gasteiger charge is 2.41. The number of rotatable bonds is 7. The number of piperidine rings is 1. The van der Waals surface area contributed by atoms with E-state index in [0.29, 0.717) is 35.1 Å². The Hall–Kier alpha value is -3.37. The summed E-state index contributed by atoms with van der Waals surface area (Å²) in [6, 6.07) is 6.83. The highest BCUT2D eigenvalue weighted by Crippen LogP contribution is 2.46. The number of likely N-dealkylation sites (tertiary alicyclic amines) is 1. The second-order valence-corrected chi connectivity index (χ2v) is 13.8. The van der Waals surface area contributed by atoms with Crippen molar-refractivity contribution in [3.05, 3.63) is 34.7 Å². The van der Waals surface area contributed by atoms with Crippen LogP contribution in [0.15, 0.2) is 23.6 Å². The number of aryl methyl sites for hydroxylation is 1. The summed E-state index contributed by atoms with van der Waals surface area (Å²) in [7, 11) is 5.24. The minimum atomic E-state index is 0.0538. The Kier molecular flexibility index (Phi) is 7.24. The lowest BCUT2D eigenvalue weighted by Gasteiger charge is -2.35. The molecule has 4 heterocycles. The summed E-state index contributed by atoms with van der Waals surface area (Å²) < 4.78 is 11.8. The van der Waals surface area contributed by atoms with E-state index in [1.54, 1.807) is 14.0 Å². The number of thiophene rings is 1. The molecule has 2 atom stereocenters. The Morgan fingerprint density at radius 1 is 1.09 bits per heavy atom. The maximum atomic E-state index is 13.6. The molecule has 3 aromatic heterocycles. The Labute approximate surface area is 256 Å². The number of amides is 2. The molecule has 0 unspecified atom stereocenters. The molecule has 43 heavy (non-hydrogen) atoms. The summed E-state index contributed by atoms with van der Waals surface area (Å²) in [6.07, 6.45) is 8.04. The summed E-state index contributed by atoms with van der Waals surface area (Å²) in [6.45, 7) is 3.47. The van der Waals surface area contributed by atoms with E-state index in [0.717, 1.165) is 61.3 Å². The Balaban J connectivity index is 0.00000147. The van der Waals surface area contributed by atoms with E-state index in [1.807, 2.05) is 23.5 Å². The fourth-order valence-electron chi connectivity index (χ4n) is 7.75. The molecule has 9 nitrogen and oxygen atoms in total. The van der Waals surface area contributed by atoms with Crippen molar-refractivity contribution in [2.24, 2.45) is 24.6 Å². The van der Waals surface area contributed by atoms with E-state index in [9.17, 15) is 9.59 Å². The molecule has 3 aliphatic carbocycles. The van der Waals surface area contributed by atoms with Gasteiger partial charge in [0.25, 0.3) is 5.91 Å². The van der Waals surface area contributed by atoms with Crippen molar-refractivity contribution in [3.8, 4) is 17.3 Å². The van der Waals surface area contributed by atoms with Crippen LogP contribution in [0.4, 0.5) is 0 Å². The zero-order chi connectivity index (χ0) is 30.0. The van der Waals surface area contributed by atoms with Crippen LogP contribution in [0, 0.1) is 11.8 Å². The van der Waals surface area contributed by atoms with Crippen molar-refractivity contribution < 1.29 is 14.3 Å². The van der Waals surface area contributed by atoms with Gasteiger partial charge >= 0.3 is 0 Å². The molecule has 0 radical (unpaired) electrons. The highest BCUT2D eigenvalue weighted by atomic mass is 32.1. The SMILES string of the molecule is CN.COc1cc(C(=O)N2C[C@H]3CC[C@@H]2C3)cc2nc(-c3cc4scc(C5CC(NC(C)=O)C5)c4n3CC3CC3)n(C)c12. The van der Waals surface area contributed by atoms with Crippen molar-refractivity contribution in [2.45, 2.75) is 76.4 Å². The van der Waals surface area contributed by atoms with Gasteiger partial charge in [0.15, 0.2) is 5.82 Å². The van der Waals surface area contributed by atoms with Crippen molar-refractivity contribution >= 4 is 44.4 Å². The first kappa shape index (κ1) is 28.4. The number of ether oxygens (including phenoxy) is 1. The van der Waals surface area contributed by atoms with Crippen molar-refractivity contribution in [1.29, 1.82) is 0 Å². The predicted octanol–water partition coefficient (Wildman–Crippen LogP) is 5.26. The molecule has 8 rings (SSSR count). The van der Waals surface area contributed by atoms with Gasteiger partial charge in [-0.1, -0.05) is 0 Å². The van der Waals surface area contributed by atoms with E-state index in [4.69, 9.17) is 9.72 Å². The van der Waals surface area contributed by atoms with Gasteiger partial charge < -0.3 is 29.8 Å². The lowest BCUT2D eigenvalue weighted by molar-refractivity contribution is -0.120. The monoisotopic (exact) mass is 602 g/mol. The number of hydrogen-bond acceptors (Lipinski definition) is 6. The van der Waals surface area contributed by atoms with Crippen molar-refractivity contribution in [2.75, 3.05) is 20.7 Å². The summed E-state index contributed by atoms with van der Waals surface area (Å²) in [5, 5.41) is 5.41. The zero-order valence-corrected chi connectivity index (χ0v) is 26.4. The fraction of sp³-hybridized carbons (Fsp3) is 0.545. The molecule has 0 spiro atoms. The van der Waals surface area contributed by atoms with Gasteiger partial charge in [-0.25, -0.2) is 4.98 Å². The van der Waals surface area contributed by atoms with Crippen LogP contribution in [0.25, 0.3) is 32.8 Å². The molecular formula is C33H42N6O3S. The van der Waals surface area contributed by atoms with Crippen LogP contribution in [0.3, 0.4) is 0 Å². The summed E-state index contributed by atoms with van der Waals surface area (Å²) >= 11 is 1.81. The largest absolute Gasteiger partial charge is 0.494 e. The number of methoxy groups -OCH3 is 1. The van der Waals surface area contributed by atoms with Crippen LogP contribution in [0.1, 0.15) is 73.7 Å². The summed E-state index contributed by atoms with van der Waals surface area (Å²) in [5.41, 5.74) is 10.8. The Morgan fingerprint density at radius 3 is 2.53 bits per heavy atom. The lowest BCUT2D eigenvalue weighted by Crippen LogP contribution is -2.42. The first-order valence-corrected chi connectivity index (χ1v) is 16.6. The molecular weight excluding hydrogens is 560 g/mol. The van der Waals surface area contributed by atoms with Crippen LogP contribution < -0.4 is 15.8 Å². The van der Waals surface area contributed by atoms with Gasteiger partial charge in [-0.2, -0.15) is 0 Å². The fourth-order valence-corrected chi connectivity index (χ4v) is 8.83. The standard InChI is InChI=1S/C32H37N5O3S.CH5N/c1-17(38)33-22-9-20(10-22)24-16-41-28-13-26(37(29(24)28)14-18-4-5-18)31-34-25-11-21(12-27(40-3)30(25)35(31)2)32(39)36-15-19-6-7-23(36)8-19;1-2/h11-13,16,18-20,22-23H,4-10,14-15H2,1-3H3,(H,33,38);2H2,1H3/t19-,20?,22?,23+;/m0./s1. The van der Waals surface area contributed by atoms with E-state index in [2.05, 4.69) is 43.6 Å². The Morgan fingerprint density at radius 2 is 1.88 bits per heavy atom. The highest BCUT2D eigenvalue weighted by molar-refractivity contribution is 7.17. The van der Waals surface area contributed by atoms with Crippen molar-refractivity contribution in [1.82, 2.24) is 24.3 Å². The molecule has 10 heteroatoms. The van der Waals surface area contributed by atoms with E-state index < -0.39 is 0 Å². The molecule has 2 amide bonds. The van der Waals surface area contributed by atoms with Crippen LogP contribution in [0.5, 0.6) is 5.75 Å². The minimum Gasteiger partial charge on any atom is -0.494 e. The lowest BCUT2D eigenvalue weighted by atomic mass is 9.76. The number of nitrogens with one attached hydrogen (secondary N) is 1. The van der Waals surface area contributed by atoms with Gasteiger partial charge in [0.1, 0.15) is 11.3 Å². The normalized spacial score (nSPS) is 24.3. The quantitative estimate of drug-likeness (QED) is 0.300. The number of nitrogens with zero attached hydrogens (tertiary/aromatic N) is 4. The second-order valence-electron chi connectivity index (χ2n) is 12.9. The van der Waals surface area contributed by atoms with Crippen LogP contribution in [0.2, 0.25) is 0 Å². The van der Waals surface area contributed by atoms with E-state index in [-0.39, 0.29) is 17.9 Å². The van der Waals surface area contributed by atoms with Gasteiger partial charge in [0.05, 0.1) is 28.5 Å². The Bertz CT molecular complexity index is 1710. The number of hydrogen-bond donors (Lipinski definition) is 2. The molecule has 3 N–H and O–H groups in total. The van der Waals surface area contributed by atoms with Gasteiger partial charge in [-0.05, 0) is 98.9 Å².